The van der Waals surface area contributed by atoms with Gasteiger partial charge >= 0.3 is 5.97 Å². The third kappa shape index (κ3) is 7.91. The molecule has 0 aromatic heterocycles. The molecule has 2 nitrogen and oxygen atoms in total. The standard InChI is InChI=1S/C18H34O2/c1-2-11-16-13-10-14-17(16)12-8-6-4-3-5-7-9-15-18(19)20/h16-17H,2-15H2,1H3,(H,19,20). The van der Waals surface area contributed by atoms with Crippen LogP contribution in [0.1, 0.15) is 96.8 Å². The number of carboxylic acids is 1. The van der Waals surface area contributed by atoms with Gasteiger partial charge in [-0.1, -0.05) is 84.0 Å². The van der Waals surface area contributed by atoms with Crippen molar-refractivity contribution in [2.24, 2.45) is 11.8 Å². The van der Waals surface area contributed by atoms with E-state index in [1.54, 1.807) is 0 Å². The zero-order valence-electron chi connectivity index (χ0n) is 13.4. The monoisotopic (exact) mass is 282 g/mol. The van der Waals surface area contributed by atoms with E-state index < -0.39 is 5.97 Å². The van der Waals surface area contributed by atoms with Crippen molar-refractivity contribution in [1.82, 2.24) is 0 Å². The highest BCUT2D eigenvalue weighted by Crippen LogP contribution is 2.38. The summed E-state index contributed by atoms with van der Waals surface area (Å²) in [5.41, 5.74) is 0. The number of hydrogen-bond donors (Lipinski definition) is 1. The van der Waals surface area contributed by atoms with Gasteiger partial charge in [0.25, 0.3) is 0 Å². The molecular weight excluding hydrogens is 248 g/mol. The molecule has 0 radical (unpaired) electrons. The van der Waals surface area contributed by atoms with Gasteiger partial charge in [0.15, 0.2) is 0 Å². The third-order valence-electron chi connectivity index (χ3n) is 4.94. The summed E-state index contributed by atoms with van der Waals surface area (Å²) in [6, 6.07) is 0. The highest BCUT2D eigenvalue weighted by Gasteiger charge is 2.25. The number of carboxylic acid groups (broad SMARTS) is 1. The minimum Gasteiger partial charge on any atom is -0.481 e. The molecule has 118 valence electrons. The van der Waals surface area contributed by atoms with E-state index in [2.05, 4.69) is 6.92 Å². The van der Waals surface area contributed by atoms with E-state index >= 15 is 0 Å². The molecule has 0 heterocycles. The van der Waals surface area contributed by atoms with Gasteiger partial charge in [0.05, 0.1) is 0 Å². The molecular formula is C18H34O2. The van der Waals surface area contributed by atoms with Gasteiger partial charge in [0.2, 0.25) is 0 Å². The van der Waals surface area contributed by atoms with Crippen LogP contribution < -0.4 is 0 Å². The topological polar surface area (TPSA) is 37.3 Å². The molecule has 0 aromatic carbocycles. The summed E-state index contributed by atoms with van der Waals surface area (Å²) in [5, 5.41) is 8.55. The normalized spacial score (nSPS) is 22.2. The predicted octanol–water partition coefficient (Wildman–Crippen LogP) is 5.80. The van der Waals surface area contributed by atoms with Crippen molar-refractivity contribution >= 4 is 5.97 Å². The molecule has 1 aliphatic carbocycles. The van der Waals surface area contributed by atoms with Gasteiger partial charge in [-0.2, -0.15) is 0 Å². The Hall–Kier alpha value is -0.530. The van der Waals surface area contributed by atoms with Gasteiger partial charge in [-0.05, 0) is 18.3 Å². The summed E-state index contributed by atoms with van der Waals surface area (Å²) in [4.78, 5) is 10.4. The van der Waals surface area contributed by atoms with Gasteiger partial charge in [0, 0.05) is 6.42 Å². The fourth-order valence-electron chi connectivity index (χ4n) is 3.81. The predicted molar refractivity (Wildman–Crippen MR) is 84.9 cm³/mol. The Labute approximate surface area is 125 Å². The zero-order valence-corrected chi connectivity index (χ0v) is 13.4. The van der Waals surface area contributed by atoms with Gasteiger partial charge in [0.1, 0.15) is 0 Å². The first-order valence-electron chi connectivity index (χ1n) is 8.95. The maximum absolute atomic E-state index is 10.4. The average molecular weight is 282 g/mol. The summed E-state index contributed by atoms with van der Waals surface area (Å²) in [6.07, 6.45) is 17.7. The van der Waals surface area contributed by atoms with Crippen LogP contribution >= 0.6 is 0 Å². The van der Waals surface area contributed by atoms with Gasteiger partial charge in [-0.15, -0.1) is 0 Å². The molecule has 20 heavy (non-hydrogen) atoms. The summed E-state index contributed by atoms with van der Waals surface area (Å²) < 4.78 is 0. The van der Waals surface area contributed by atoms with Crippen molar-refractivity contribution in [3.05, 3.63) is 0 Å². The minimum atomic E-state index is -0.650. The molecule has 1 fully saturated rings. The van der Waals surface area contributed by atoms with Crippen LogP contribution in [0, 0.1) is 11.8 Å². The first-order valence-corrected chi connectivity index (χ1v) is 8.95. The molecule has 0 bridgehead atoms. The van der Waals surface area contributed by atoms with E-state index in [4.69, 9.17) is 5.11 Å². The Kier molecular flexibility index (Phi) is 9.78. The molecule has 0 aliphatic heterocycles. The highest BCUT2D eigenvalue weighted by molar-refractivity contribution is 5.66. The van der Waals surface area contributed by atoms with Gasteiger partial charge < -0.3 is 5.11 Å². The molecule has 0 aromatic rings. The van der Waals surface area contributed by atoms with Crippen molar-refractivity contribution in [3.8, 4) is 0 Å². The van der Waals surface area contributed by atoms with Crippen LogP contribution in [0.25, 0.3) is 0 Å². The molecule has 0 saturated heterocycles. The van der Waals surface area contributed by atoms with Crippen LogP contribution in [0.5, 0.6) is 0 Å². The Balaban J connectivity index is 1.88. The van der Waals surface area contributed by atoms with Crippen LogP contribution in [-0.4, -0.2) is 11.1 Å². The Bertz CT molecular complexity index is 250. The second-order valence-corrected chi connectivity index (χ2v) is 6.65. The molecule has 2 atom stereocenters. The lowest BCUT2D eigenvalue weighted by molar-refractivity contribution is -0.137. The highest BCUT2D eigenvalue weighted by atomic mass is 16.4. The second kappa shape index (κ2) is 11.2. The lowest BCUT2D eigenvalue weighted by Gasteiger charge is -2.18. The quantitative estimate of drug-likeness (QED) is 0.459. The summed E-state index contributed by atoms with van der Waals surface area (Å²) >= 11 is 0. The van der Waals surface area contributed by atoms with E-state index in [0.717, 1.165) is 24.7 Å². The van der Waals surface area contributed by atoms with E-state index in [9.17, 15) is 4.79 Å². The van der Waals surface area contributed by atoms with Crippen LogP contribution in [0.3, 0.4) is 0 Å². The van der Waals surface area contributed by atoms with Crippen LogP contribution in [-0.2, 0) is 4.79 Å². The first-order chi connectivity index (χ1) is 9.74. The van der Waals surface area contributed by atoms with Crippen LogP contribution in [0.15, 0.2) is 0 Å². The smallest absolute Gasteiger partial charge is 0.303 e. The number of unbranched alkanes of at least 4 members (excludes halogenated alkanes) is 6. The van der Waals surface area contributed by atoms with E-state index in [1.807, 2.05) is 0 Å². The third-order valence-corrected chi connectivity index (χ3v) is 4.94. The lowest BCUT2D eigenvalue weighted by atomic mass is 9.87. The molecule has 0 spiro atoms. The number of aliphatic carboxylic acids is 1. The van der Waals surface area contributed by atoms with Crippen molar-refractivity contribution in [1.29, 1.82) is 0 Å². The summed E-state index contributed by atoms with van der Waals surface area (Å²) in [7, 11) is 0. The van der Waals surface area contributed by atoms with E-state index in [0.29, 0.717) is 6.42 Å². The Morgan fingerprint density at radius 3 is 2.05 bits per heavy atom. The minimum absolute atomic E-state index is 0.348. The number of rotatable bonds is 12. The fourth-order valence-corrected chi connectivity index (χ4v) is 3.81. The van der Waals surface area contributed by atoms with Gasteiger partial charge in [-0.3, -0.25) is 4.79 Å². The molecule has 0 amide bonds. The number of hydrogen-bond acceptors (Lipinski definition) is 1. The SMILES string of the molecule is CCCC1CCCC1CCCCCCCCCC(=O)O. The van der Waals surface area contributed by atoms with Crippen molar-refractivity contribution in [2.75, 3.05) is 0 Å². The van der Waals surface area contributed by atoms with Crippen molar-refractivity contribution in [3.63, 3.8) is 0 Å². The van der Waals surface area contributed by atoms with Crippen molar-refractivity contribution in [2.45, 2.75) is 96.8 Å². The van der Waals surface area contributed by atoms with Gasteiger partial charge in [-0.25, -0.2) is 0 Å². The lowest BCUT2D eigenvalue weighted by Crippen LogP contribution is -2.07. The first kappa shape index (κ1) is 17.5. The maximum atomic E-state index is 10.4. The van der Waals surface area contributed by atoms with E-state index in [-0.39, 0.29) is 0 Å². The summed E-state index contributed by atoms with van der Waals surface area (Å²) in [5.74, 6) is 1.42. The number of carbonyl (C=O) groups is 1. The Morgan fingerprint density at radius 2 is 1.45 bits per heavy atom. The van der Waals surface area contributed by atoms with Crippen LogP contribution in [0.4, 0.5) is 0 Å². The molecule has 2 unspecified atom stereocenters. The summed E-state index contributed by atoms with van der Waals surface area (Å²) in [6.45, 7) is 2.32. The largest absolute Gasteiger partial charge is 0.481 e. The Morgan fingerprint density at radius 1 is 0.900 bits per heavy atom. The average Bonchev–Trinajstić information content (AvgIpc) is 2.84. The van der Waals surface area contributed by atoms with E-state index in [1.165, 1.54) is 70.6 Å². The zero-order chi connectivity index (χ0) is 14.6. The molecule has 2 heteroatoms. The molecule has 1 rings (SSSR count). The van der Waals surface area contributed by atoms with Crippen LogP contribution in [0.2, 0.25) is 0 Å². The molecule has 1 aliphatic rings. The molecule has 1 N–H and O–H groups in total. The fraction of sp³-hybridized carbons (Fsp3) is 0.944. The maximum Gasteiger partial charge on any atom is 0.303 e. The molecule has 1 saturated carbocycles. The second-order valence-electron chi connectivity index (χ2n) is 6.65. The van der Waals surface area contributed by atoms with Crippen molar-refractivity contribution < 1.29 is 9.90 Å².